The zero-order valence-corrected chi connectivity index (χ0v) is 7.21. The molecule has 0 fully saturated rings. The van der Waals surface area contributed by atoms with Crippen LogP contribution in [-0.4, -0.2) is 32.0 Å². The van der Waals surface area contributed by atoms with E-state index in [1.807, 2.05) is 0 Å². The largest absolute Gasteiger partial charge is 1.00 e. The predicted octanol–water partition coefficient (Wildman–Crippen LogP) is -5.00. The quantitative estimate of drug-likeness (QED) is 0.250. The van der Waals surface area contributed by atoms with Crippen LogP contribution in [0.4, 0.5) is 0 Å². The van der Waals surface area contributed by atoms with Gasteiger partial charge in [0.05, 0.1) is 0 Å². The van der Waals surface area contributed by atoms with Crippen LogP contribution >= 0.6 is 7.82 Å². The Morgan fingerprint density at radius 3 is 1.29 bits per heavy atom. The van der Waals surface area contributed by atoms with Crippen LogP contribution in [0.2, 0.25) is 0 Å². The Morgan fingerprint density at radius 2 is 1.29 bits per heavy atom. The molecule has 40 valence electrons. The first kappa shape index (κ1) is 16.1. The molecule has 0 atom stereocenters. The van der Waals surface area contributed by atoms with Crippen molar-refractivity contribution in [2.45, 2.75) is 0 Å². The Morgan fingerprint density at radius 1 is 1.29 bits per heavy atom. The van der Waals surface area contributed by atoms with E-state index in [0.717, 1.165) is 0 Å². The second-order valence-corrected chi connectivity index (χ2v) is 1.54. The molecule has 7 heavy (non-hydrogen) atoms. The van der Waals surface area contributed by atoms with E-state index < -0.39 is 7.82 Å². The first-order valence-corrected chi connectivity index (χ1v) is 2.35. The van der Waals surface area contributed by atoms with Gasteiger partial charge in [-0.25, -0.2) is 4.57 Å². The molecular weight excluding hydrogens is 161 g/mol. The summed E-state index contributed by atoms with van der Waals surface area (Å²) in [6.07, 6.45) is 0. The van der Waals surface area contributed by atoms with Crippen LogP contribution < -0.4 is 51.4 Å². The van der Waals surface area contributed by atoms with E-state index >= 15 is 0 Å². The molecule has 0 spiro atoms. The number of phosphoric acid groups is 1. The molecule has 0 rings (SSSR count). The second-order valence-electron chi connectivity index (χ2n) is 0.513. The Labute approximate surface area is 95.6 Å². The summed E-state index contributed by atoms with van der Waals surface area (Å²) < 4.78 is 8.88. The summed E-state index contributed by atoms with van der Waals surface area (Å²) in [5.41, 5.74) is 0. The minimum atomic E-state index is -4.64. The van der Waals surface area contributed by atoms with Gasteiger partial charge in [0.25, 0.3) is 0 Å². The minimum absolute atomic E-state index is 0. The summed E-state index contributed by atoms with van der Waals surface area (Å²) in [5, 5.41) is 0. The molecule has 0 heterocycles. The summed E-state index contributed by atoms with van der Waals surface area (Å²) in [4.78, 5) is 21.6. The Hall–Kier alpha value is 2.28. The smallest absolute Gasteiger partial charge is 1.00 e. The van der Waals surface area contributed by atoms with Crippen LogP contribution in [0.1, 0.15) is 1.43 Å². The van der Waals surface area contributed by atoms with Crippen molar-refractivity contribution in [2.75, 3.05) is 0 Å². The van der Waals surface area contributed by atoms with E-state index in [-0.39, 0.29) is 70.2 Å². The van der Waals surface area contributed by atoms with Gasteiger partial charge in [0.15, 0.2) is 17.4 Å². The van der Waals surface area contributed by atoms with E-state index in [1.165, 1.54) is 0 Å². The van der Waals surface area contributed by atoms with Crippen molar-refractivity contribution in [1.29, 1.82) is 0 Å². The minimum Gasteiger partial charge on any atom is -1.00 e. The van der Waals surface area contributed by atoms with Gasteiger partial charge < -0.3 is 16.1 Å². The Bertz CT molecular complexity index is 62.2. The molecule has 0 amide bonds. The van der Waals surface area contributed by atoms with Crippen molar-refractivity contribution in [3.63, 3.8) is 0 Å². The number of hydrogen-bond acceptors (Lipinski definition) is 1. The standard InChI is InChI=1S/Al.K.H3O4P.4H/c;;1-5(2,3)4;;;;/h;;(H3,1,2,3,4);;;;/q;+1;;;;;-1. The van der Waals surface area contributed by atoms with Gasteiger partial charge in [0.1, 0.15) is 0 Å². The Kier molecular flexibility index (Phi) is 14.7. The SMILES string of the molecule is O=P(O)(O)O.[AlH3].[H-].[K+]. The van der Waals surface area contributed by atoms with Crippen molar-refractivity contribution < 1.29 is 72.1 Å². The molecule has 0 aromatic carbocycles. The predicted molar refractivity (Wildman–Crippen MR) is 25.3 cm³/mol. The van der Waals surface area contributed by atoms with Crippen LogP contribution in [0.25, 0.3) is 0 Å². The molecule has 3 N–H and O–H groups in total. The van der Waals surface area contributed by atoms with Gasteiger partial charge in [-0.1, -0.05) is 0 Å². The molecule has 0 unspecified atom stereocenters. The summed E-state index contributed by atoms with van der Waals surface area (Å²) in [5.74, 6) is 0. The maximum atomic E-state index is 8.88. The van der Waals surface area contributed by atoms with Crippen LogP contribution in [0, 0.1) is 0 Å². The van der Waals surface area contributed by atoms with Gasteiger partial charge in [-0.15, -0.1) is 0 Å². The second kappa shape index (κ2) is 6.40. The zero-order valence-electron chi connectivity index (χ0n) is 4.20. The molecule has 4 nitrogen and oxygen atoms in total. The first-order valence-electron chi connectivity index (χ1n) is 0.783. The monoisotopic (exact) mass is 168 g/mol. The van der Waals surface area contributed by atoms with E-state index in [2.05, 4.69) is 0 Å². The molecule has 0 aliphatic carbocycles. The number of hydrogen-bond donors (Lipinski definition) is 3. The van der Waals surface area contributed by atoms with E-state index in [4.69, 9.17) is 19.2 Å². The van der Waals surface area contributed by atoms with Crippen molar-refractivity contribution in [1.82, 2.24) is 0 Å². The summed E-state index contributed by atoms with van der Waals surface area (Å²) >= 11 is 0. The van der Waals surface area contributed by atoms with Crippen LogP contribution in [0.5, 0.6) is 0 Å². The van der Waals surface area contributed by atoms with E-state index in [9.17, 15) is 0 Å². The summed E-state index contributed by atoms with van der Waals surface area (Å²) in [6, 6.07) is 0. The van der Waals surface area contributed by atoms with Gasteiger partial charge in [0, 0.05) is 0 Å². The molecule has 0 bridgehead atoms. The fourth-order valence-electron chi connectivity index (χ4n) is 0. The van der Waals surface area contributed by atoms with E-state index in [0.29, 0.717) is 0 Å². The molecule has 0 saturated heterocycles. The molecule has 0 saturated carbocycles. The van der Waals surface area contributed by atoms with Crippen LogP contribution in [-0.2, 0) is 4.57 Å². The van der Waals surface area contributed by atoms with E-state index in [1.54, 1.807) is 0 Å². The zero-order chi connectivity index (χ0) is 4.50. The molecular formula is H7AlKO4P. The van der Waals surface area contributed by atoms with Crippen molar-refractivity contribution in [2.24, 2.45) is 0 Å². The fourth-order valence-corrected chi connectivity index (χ4v) is 0. The average molecular weight is 168 g/mol. The maximum Gasteiger partial charge on any atom is 1.00 e. The molecule has 0 aliphatic heterocycles. The summed E-state index contributed by atoms with van der Waals surface area (Å²) in [7, 11) is -4.64. The van der Waals surface area contributed by atoms with Crippen LogP contribution in [0.3, 0.4) is 0 Å². The molecule has 7 heteroatoms. The topological polar surface area (TPSA) is 77.8 Å². The molecule has 0 aliphatic rings. The third-order valence-electron chi connectivity index (χ3n) is 0. The van der Waals surface area contributed by atoms with Gasteiger partial charge in [0.2, 0.25) is 0 Å². The van der Waals surface area contributed by atoms with Crippen molar-refractivity contribution in [3.8, 4) is 0 Å². The molecule has 0 aromatic heterocycles. The molecule has 0 radical (unpaired) electrons. The van der Waals surface area contributed by atoms with Gasteiger partial charge in [-0.3, -0.25) is 0 Å². The fraction of sp³-hybridized carbons (Fsp3) is 0. The summed E-state index contributed by atoms with van der Waals surface area (Å²) in [6.45, 7) is 0. The normalized spacial score (nSPS) is 8.43. The van der Waals surface area contributed by atoms with Crippen molar-refractivity contribution >= 4 is 25.2 Å². The third-order valence-corrected chi connectivity index (χ3v) is 0. The Balaban J connectivity index is -0.0000000267. The first-order chi connectivity index (χ1) is 2.00. The van der Waals surface area contributed by atoms with Crippen LogP contribution in [0.15, 0.2) is 0 Å². The van der Waals surface area contributed by atoms with Gasteiger partial charge >= 0.3 is 59.2 Å². The van der Waals surface area contributed by atoms with Crippen molar-refractivity contribution in [3.05, 3.63) is 0 Å². The third kappa shape index (κ3) is 62.8. The average Bonchev–Trinajstić information content (AvgIpc) is 0.722. The molecule has 0 aromatic rings. The van der Waals surface area contributed by atoms with Gasteiger partial charge in [-0.2, -0.15) is 0 Å². The maximum absolute atomic E-state index is 8.88. The van der Waals surface area contributed by atoms with Gasteiger partial charge in [-0.05, 0) is 0 Å². The number of rotatable bonds is 0.